The summed E-state index contributed by atoms with van der Waals surface area (Å²) < 4.78 is 9.01. The van der Waals surface area contributed by atoms with Crippen LogP contribution in [0.25, 0.3) is 10.9 Å². The van der Waals surface area contributed by atoms with E-state index < -0.39 is 5.91 Å². The van der Waals surface area contributed by atoms with E-state index in [4.69, 9.17) is 16.0 Å². The number of carbonyl (C=O) groups excluding carboxylic acids is 1. The van der Waals surface area contributed by atoms with Crippen molar-refractivity contribution in [2.24, 2.45) is 0 Å². The number of imidazole rings is 1. The monoisotopic (exact) mass is 459 g/mol. The molecule has 164 valence electrons. The van der Waals surface area contributed by atoms with Gasteiger partial charge in [0.15, 0.2) is 5.76 Å². The Bertz CT molecular complexity index is 1490. The van der Waals surface area contributed by atoms with Gasteiger partial charge in [-0.15, -0.1) is 0 Å². The lowest BCUT2D eigenvalue weighted by Gasteiger charge is -2.09. The molecular formula is C24H18ClN5O3. The molecule has 33 heavy (non-hydrogen) atoms. The molecule has 0 saturated heterocycles. The standard InChI is InChI=1S/C24H18ClN5O3/c25-17-3-1-16(2-4-17)12-30-15-27-21-7-5-18(11-20(21)24(30)32)28-23(31)22-8-6-19(33-22)13-29-10-9-26-14-29/h1-11,14-15H,12-13H2,(H,28,31). The first-order valence-electron chi connectivity index (χ1n) is 10.1. The molecule has 3 heterocycles. The van der Waals surface area contributed by atoms with Crippen LogP contribution in [-0.2, 0) is 13.1 Å². The van der Waals surface area contributed by atoms with Crippen molar-refractivity contribution in [1.82, 2.24) is 19.1 Å². The van der Waals surface area contributed by atoms with Gasteiger partial charge in [0.2, 0.25) is 0 Å². The van der Waals surface area contributed by atoms with Crippen molar-refractivity contribution in [3.05, 3.63) is 112 Å². The molecule has 1 amide bonds. The summed E-state index contributed by atoms with van der Waals surface area (Å²) in [5.41, 5.74) is 1.75. The number of carbonyl (C=O) groups is 1. The fourth-order valence-electron chi connectivity index (χ4n) is 3.47. The third-order valence-electron chi connectivity index (χ3n) is 5.13. The summed E-state index contributed by atoms with van der Waals surface area (Å²) in [5, 5.41) is 3.82. The van der Waals surface area contributed by atoms with Crippen molar-refractivity contribution in [3.8, 4) is 0 Å². The molecule has 5 aromatic rings. The average Bonchev–Trinajstić information content (AvgIpc) is 3.50. The minimum atomic E-state index is -0.406. The van der Waals surface area contributed by atoms with Crippen LogP contribution in [0.4, 0.5) is 5.69 Å². The largest absolute Gasteiger partial charge is 0.454 e. The molecule has 8 nitrogen and oxygen atoms in total. The highest BCUT2D eigenvalue weighted by molar-refractivity contribution is 6.30. The second-order valence-electron chi connectivity index (χ2n) is 7.49. The van der Waals surface area contributed by atoms with Crippen molar-refractivity contribution in [2.45, 2.75) is 13.1 Å². The molecule has 0 aliphatic carbocycles. The van der Waals surface area contributed by atoms with Crippen LogP contribution in [0.2, 0.25) is 5.02 Å². The number of hydrogen-bond acceptors (Lipinski definition) is 5. The van der Waals surface area contributed by atoms with E-state index in [9.17, 15) is 9.59 Å². The highest BCUT2D eigenvalue weighted by Gasteiger charge is 2.13. The first kappa shape index (κ1) is 20.7. The normalized spacial score (nSPS) is 11.1. The molecule has 0 atom stereocenters. The van der Waals surface area contributed by atoms with E-state index in [0.717, 1.165) is 5.56 Å². The molecule has 1 N–H and O–H groups in total. The fraction of sp³-hybridized carbons (Fsp3) is 0.0833. The lowest BCUT2D eigenvalue weighted by Crippen LogP contribution is -2.21. The number of hydrogen-bond donors (Lipinski definition) is 1. The number of aromatic nitrogens is 4. The quantitative estimate of drug-likeness (QED) is 0.411. The number of nitrogens with zero attached hydrogens (tertiary/aromatic N) is 4. The topological polar surface area (TPSA) is 95.0 Å². The van der Waals surface area contributed by atoms with Crippen molar-refractivity contribution < 1.29 is 9.21 Å². The Balaban J connectivity index is 1.35. The molecule has 0 unspecified atom stereocenters. The summed E-state index contributed by atoms with van der Waals surface area (Å²) in [6, 6.07) is 15.7. The van der Waals surface area contributed by atoms with Crippen LogP contribution in [-0.4, -0.2) is 25.0 Å². The summed E-state index contributed by atoms with van der Waals surface area (Å²) in [6.45, 7) is 0.837. The van der Waals surface area contributed by atoms with Crippen LogP contribution in [0.15, 0.2) is 88.9 Å². The summed E-state index contributed by atoms with van der Waals surface area (Å²) in [4.78, 5) is 34.0. The maximum absolute atomic E-state index is 13.0. The molecule has 0 spiro atoms. The van der Waals surface area contributed by atoms with Gasteiger partial charge in [-0.1, -0.05) is 23.7 Å². The van der Waals surface area contributed by atoms with Crippen LogP contribution in [0.1, 0.15) is 21.9 Å². The van der Waals surface area contributed by atoms with Gasteiger partial charge in [0.1, 0.15) is 5.76 Å². The predicted molar refractivity (Wildman–Crippen MR) is 125 cm³/mol. The van der Waals surface area contributed by atoms with E-state index in [0.29, 0.717) is 40.5 Å². The Labute approximate surface area is 193 Å². The highest BCUT2D eigenvalue weighted by Crippen LogP contribution is 2.17. The lowest BCUT2D eigenvalue weighted by atomic mass is 10.2. The minimum absolute atomic E-state index is 0.177. The molecule has 0 fully saturated rings. The summed E-state index contributed by atoms with van der Waals surface area (Å²) in [7, 11) is 0. The first-order valence-corrected chi connectivity index (χ1v) is 10.5. The predicted octanol–water partition coefficient (Wildman–Crippen LogP) is 4.19. The van der Waals surface area contributed by atoms with Gasteiger partial charge in [0.25, 0.3) is 11.5 Å². The summed E-state index contributed by atoms with van der Waals surface area (Å²) in [5.74, 6) is 0.402. The molecule has 2 aromatic carbocycles. The Morgan fingerprint density at radius 1 is 1.03 bits per heavy atom. The molecular weight excluding hydrogens is 442 g/mol. The van der Waals surface area contributed by atoms with E-state index in [1.165, 1.54) is 10.9 Å². The number of rotatable bonds is 6. The van der Waals surface area contributed by atoms with Gasteiger partial charge >= 0.3 is 0 Å². The molecule has 0 radical (unpaired) electrons. The number of amides is 1. The van der Waals surface area contributed by atoms with E-state index in [1.807, 2.05) is 22.9 Å². The molecule has 0 saturated carbocycles. The van der Waals surface area contributed by atoms with Crippen LogP contribution in [0.3, 0.4) is 0 Å². The van der Waals surface area contributed by atoms with E-state index >= 15 is 0 Å². The zero-order chi connectivity index (χ0) is 22.8. The van der Waals surface area contributed by atoms with Crippen molar-refractivity contribution in [2.75, 3.05) is 5.32 Å². The number of nitrogens with one attached hydrogen (secondary N) is 1. The third kappa shape index (κ3) is 4.56. The van der Waals surface area contributed by atoms with Crippen LogP contribution >= 0.6 is 11.6 Å². The molecule has 0 aliphatic heterocycles. The number of benzene rings is 2. The van der Waals surface area contributed by atoms with Crippen LogP contribution in [0, 0.1) is 0 Å². The van der Waals surface area contributed by atoms with Gasteiger partial charge in [-0.2, -0.15) is 0 Å². The van der Waals surface area contributed by atoms with Crippen molar-refractivity contribution in [1.29, 1.82) is 0 Å². The Morgan fingerprint density at radius 3 is 2.67 bits per heavy atom. The number of fused-ring (bicyclic) bond motifs is 1. The molecule has 5 rings (SSSR count). The second-order valence-corrected chi connectivity index (χ2v) is 7.93. The summed E-state index contributed by atoms with van der Waals surface area (Å²) >= 11 is 5.93. The van der Waals surface area contributed by atoms with Gasteiger partial charge < -0.3 is 14.3 Å². The molecule has 0 aliphatic rings. The van der Waals surface area contributed by atoms with Crippen LogP contribution in [0.5, 0.6) is 0 Å². The first-order chi connectivity index (χ1) is 16.0. The zero-order valence-corrected chi connectivity index (χ0v) is 18.1. The Kier molecular flexibility index (Phi) is 5.50. The van der Waals surface area contributed by atoms with Gasteiger partial charge in [-0.25, -0.2) is 9.97 Å². The van der Waals surface area contributed by atoms with Gasteiger partial charge in [-0.05, 0) is 48.0 Å². The van der Waals surface area contributed by atoms with E-state index in [1.54, 1.807) is 55.0 Å². The lowest BCUT2D eigenvalue weighted by molar-refractivity contribution is 0.0995. The zero-order valence-electron chi connectivity index (χ0n) is 17.3. The molecule has 9 heteroatoms. The maximum atomic E-state index is 13.0. The smallest absolute Gasteiger partial charge is 0.291 e. The van der Waals surface area contributed by atoms with E-state index in [-0.39, 0.29) is 11.3 Å². The number of halogens is 1. The minimum Gasteiger partial charge on any atom is -0.454 e. The molecule has 3 aromatic heterocycles. The Hall–Kier alpha value is -4.17. The second kappa shape index (κ2) is 8.76. The Morgan fingerprint density at radius 2 is 1.88 bits per heavy atom. The average molecular weight is 460 g/mol. The van der Waals surface area contributed by atoms with Gasteiger partial charge in [0, 0.05) is 23.1 Å². The third-order valence-corrected chi connectivity index (χ3v) is 5.38. The van der Waals surface area contributed by atoms with Crippen molar-refractivity contribution >= 4 is 34.1 Å². The summed E-state index contributed by atoms with van der Waals surface area (Å²) in [6.07, 6.45) is 6.67. The SMILES string of the molecule is O=C(Nc1ccc2ncn(Cc3ccc(Cl)cc3)c(=O)c2c1)c1ccc(Cn2ccnc2)o1. The van der Waals surface area contributed by atoms with Crippen LogP contribution < -0.4 is 10.9 Å². The van der Waals surface area contributed by atoms with Crippen molar-refractivity contribution in [3.63, 3.8) is 0 Å². The number of furan rings is 1. The van der Waals surface area contributed by atoms with Gasteiger partial charge in [0.05, 0.1) is 36.6 Å². The number of anilines is 1. The fourth-order valence-corrected chi connectivity index (χ4v) is 3.60. The van der Waals surface area contributed by atoms with Gasteiger partial charge in [-0.3, -0.25) is 14.2 Å². The maximum Gasteiger partial charge on any atom is 0.291 e. The van der Waals surface area contributed by atoms with E-state index in [2.05, 4.69) is 15.3 Å². The highest BCUT2D eigenvalue weighted by atomic mass is 35.5. The molecule has 0 bridgehead atoms.